The van der Waals surface area contributed by atoms with Crippen molar-refractivity contribution in [2.75, 3.05) is 38.2 Å². The summed E-state index contributed by atoms with van der Waals surface area (Å²) >= 11 is 0. The summed E-state index contributed by atoms with van der Waals surface area (Å²) in [5.41, 5.74) is 2.28. The Morgan fingerprint density at radius 1 is 1.38 bits per heavy atom. The lowest BCUT2D eigenvalue weighted by atomic mass is 9.98. The summed E-state index contributed by atoms with van der Waals surface area (Å²) in [6.07, 6.45) is 1.74. The van der Waals surface area contributed by atoms with Crippen molar-refractivity contribution < 1.29 is 15.0 Å². The Kier molecular flexibility index (Phi) is 5.59. The SMILES string of the molecule is CN(CCO)c1ccc(CN2CCCC(C(=O)O)C2)cc1. The molecule has 0 saturated carbocycles. The van der Waals surface area contributed by atoms with Crippen molar-refractivity contribution >= 4 is 11.7 Å². The number of likely N-dealkylation sites (tertiary alicyclic amines) is 1. The van der Waals surface area contributed by atoms with Crippen LogP contribution in [-0.2, 0) is 11.3 Å². The molecular formula is C16H24N2O3. The first-order valence-electron chi connectivity index (χ1n) is 7.46. The predicted molar refractivity (Wildman–Crippen MR) is 82.4 cm³/mol. The van der Waals surface area contributed by atoms with E-state index in [4.69, 9.17) is 10.2 Å². The van der Waals surface area contributed by atoms with E-state index < -0.39 is 5.97 Å². The number of aliphatic hydroxyl groups is 1. The zero-order chi connectivity index (χ0) is 15.2. The molecule has 1 unspecified atom stereocenters. The van der Waals surface area contributed by atoms with Crippen LogP contribution in [0.2, 0.25) is 0 Å². The van der Waals surface area contributed by atoms with Crippen molar-refractivity contribution in [2.24, 2.45) is 5.92 Å². The fourth-order valence-electron chi connectivity index (χ4n) is 2.79. The number of likely N-dealkylation sites (N-methyl/N-ethyl adjacent to an activating group) is 1. The zero-order valence-electron chi connectivity index (χ0n) is 12.5. The van der Waals surface area contributed by atoms with Gasteiger partial charge in [0.1, 0.15) is 0 Å². The number of rotatable bonds is 6. The molecule has 1 heterocycles. The summed E-state index contributed by atoms with van der Waals surface area (Å²) in [5.74, 6) is -0.908. The molecule has 1 aliphatic heterocycles. The number of piperidine rings is 1. The Labute approximate surface area is 125 Å². The van der Waals surface area contributed by atoms with Crippen LogP contribution in [0.15, 0.2) is 24.3 Å². The number of benzene rings is 1. The smallest absolute Gasteiger partial charge is 0.307 e. The molecular weight excluding hydrogens is 268 g/mol. The molecule has 0 radical (unpaired) electrons. The first-order chi connectivity index (χ1) is 10.1. The largest absolute Gasteiger partial charge is 0.481 e. The summed E-state index contributed by atoms with van der Waals surface area (Å²) in [5, 5.41) is 18.1. The number of hydrogen-bond donors (Lipinski definition) is 2. The molecule has 21 heavy (non-hydrogen) atoms. The van der Waals surface area contributed by atoms with Gasteiger partial charge in [0.2, 0.25) is 0 Å². The molecule has 2 N–H and O–H groups in total. The lowest BCUT2D eigenvalue weighted by Gasteiger charge is -2.30. The zero-order valence-corrected chi connectivity index (χ0v) is 12.5. The normalized spacial score (nSPS) is 19.4. The quantitative estimate of drug-likeness (QED) is 0.830. The molecule has 1 aliphatic rings. The van der Waals surface area contributed by atoms with Crippen LogP contribution in [-0.4, -0.2) is 54.4 Å². The highest BCUT2D eigenvalue weighted by Crippen LogP contribution is 2.20. The second-order valence-electron chi connectivity index (χ2n) is 5.72. The van der Waals surface area contributed by atoms with E-state index in [1.165, 1.54) is 5.56 Å². The van der Waals surface area contributed by atoms with Gasteiger partial charge in [0.15, 0.2) is 0 Å². The van der Waals surface area contributed by atoms with Gasteiger partial charge in [0.25, 0.3) is 0 Å². The molecule has 0 amide bonds. The Morgan fingerprint density at radius 2 is 2.10 bits per heavy atom. The predicted octanol–water partition coefficient (Wildman–Crippen LogP) is 1.41. The average Bonchev–Trinajstić information content (AvgIpc) is 2.48. The van der Waals surface area contributed by atoms with E-state index in [9.17, 15) is 4.79 Å². The van der Waals surface area contributed by atoms with E-state index in [-0.39, 0.29) is 12.5 Å². The molecule has 0 aromatic heterocycles. The lowest BCUT2D eigenvalue weighted by molar-refractivity contribution is -0.143. The van der Waals surface area contributed by atoms with Crippen LogP contribution >= 0.6 is 0 Å². The molecule has 0 bridgehead atoms. The Balaban J connectivity index is 1.92. The van der Waals surface area contributed by atoms with Gasteiger partial charge in [-0.05, 0) is 37.1 Å². The summed E-state index contributed by atoms with van der Waals surface area (Å²) in [6.45, 7) is 3.17. The average molecular weight is 292 g/mol. The summed E-state index contributed by atoms with van der Waals surface area (Å²) in [6, 6.07) is 8.24. The first-order valence-corrected chi connectivity index (χ1v) is 7.46. The van der Waals surface area contributed by atoms with E-state index >= 15 is 0 Å². The van der Waals surface area contributed by atoms with Gasteiger partial charge in [-0.25, -0.2) is 0 Å². The maximum atomic E-state index is 11.1. The Bertz CT molecular complexity index is 461. The molecule has 1 fully saturated rings. The number of carboxylic acids is 1. The fraction of sp³-hybridized carbons (Fsp3) is 0.562. The molecule has 5 heteroatoms. The van der Waals surface area contributed by atoms with E-state index in [0.717, 1.165) is 31.6 Å². The summed E-state index contributed by atoms with van der Waals surface area (Å²) < 4.78 is 0. The van der Waals surface area contributed by atoms with E-state index in [1.807, 2.05) is 24.1 Å². The van der Waals surface area contributed by atoms with Crippen LogP contribution in [0, 0.1) is 5.92 Å². The minimum Gasteiger partial charge on any atom is -0.481 e. The van der Waals surface area contributed by atoms with E-state index in [1.54, 1.807) is 0 Å². The van der Waals surface area contributed by atoms with Crippen LogP contribution in [0.3, 0.4) is 0 Å². The van der Waals surface area contributed by atoms with Crippen molar-refractivity contribution in [3.05, 3.63) is 29.8 Å². The Morgan fingerprint density at radius 3 is 2.71 bits per heavy atom. The number of nitrogens with zero attached hydrogens (tertiary/aromatic N) is 2. The minimum absolute atomic E-state index is 0.141. The van der Waals surface area contributed by atoms with Crippen LogP contribution in [0.25, 0.3) is 0 Å². The van der Waals surface area contributed by atoms with Gasteiger partial charge in [0, 0.05) is 32.4 Å². The molecule has 1 saturated heterocycles. The summed E-state index contributed by atoms with van der Waals surface area (Å²) in [7, 11) is 1.95. The number of aliphatic carboxylic acids is 1. The molecule has 0 spiro atoms. The second kappa shape index (κ2) is 7.43. The first kappa shape index (κ1) is 15.8. The third kappa shape index (κ3) is 4.44. The lowest BCUT2D eigenvalue weighted by Crippen LogP contribution is -2.38. The third-order valence-electron chi connectivity index (χ3n) is 4.07. The number of anilines is 1. The van der Waals surface area contributed by atoms with Crippen LogP contribution in [0.5, 0.6) is 0 Å². The fourth-order valence-corrected chi connectivity index (χ4v) is 2.79. The van der Waals surface area contributed by atoms with Gasteiger partial charge in [-0.1, -0.05) is 12.1 Å². The van der Waals surface area contributed by atoms with E-state index in [0.29, 0.717) is 13.1 Å². The van der Waals surface area contributed by atoms with Crippen molar-refractivity contribution in [3.8, 4) is 0 Å². The standard InChI is InChI=1S/C16H24N2O3/c1-17(9-10-19)15-6-4-13(5-7-15)11-18-8-2-3-14(12-18)16(20)21/h4-7,14,19H,2-3,8-12H2,1H3,(H,20,21). The number of carbonyl (C=O) groups is 1. The molecule has 5 nitrogen and oxygen atoms in total. The maximum absolute atomic E-state index is 11.1. The van der Waals surface area contributed by atoms with Crippen molar-refractivity contribution in [2.45, 2.75) is 19.4 Å². The van der Waals surface area contributed by atoms with Crippen LogP contribution in [0.1, 0.15) is 18.4 Å². The van der Waals surface area contributed by atoms with E-state index in [2.05, 4.69) is 17.0 Å². The molecule has 1 atom stereocenters. The highest BCUT2D eigenvalue weighted by atomic mass is 16.4. The van der Waals surface area contributed by atoms with Gasteiger partial charge in [-0.3, -0.25) is 9.69 Å². The number of carboxylic acid groups (broad SMARTS) is 1. The number of aliphatic hydroxyl groups excluding tert-OH is 1. The highest BCUT2D eigenvalue weighted by molar-refractivity contribution is 5.70. The van der Waals surface area contributed by atoms with Crippen LogP contribution in [0.4, 0.5) is 5.69 Å². The van der Waals surface area contributed by atoms with Crippen LogP contribution < -0.4 is 4.90 Å². The van der Waals surface area contributed by atoms with Gasteiger partial charge in [-0.15, -0.1) is 0 Å². The Hall–Kier alpha value is -1.59. The molecule has 2 rings (SSSR count). The number of hydrogen-bond acceptors (Lipinski definition) is 4. The van der Waals surface area contributed by atoms with Gasteiger partial charge < -0.3 is 15.1 Å². The van der Waals surface area contributed by atoms with Crippen molar-refractivity contribution in [1.29, 1.82) is 0 Å². The topological polar surface area (TPSA) is 64.0 Å². The molecule has 0 aliphatic carbocycles. The monoisotopic (exact) mass is 292 g/mol. The van der Waals surface area contributed by atoms with Crippen molar-refractivity contribution in [3.63, 3.8) is 0 Å². The van der Waals surface area contributed by atoms with Gasteiger partial charge in [-0.2, -0.15) is 0 Å². The van der Waals surface area contributed by atoms with Crippen molar-refractivity contribution in [1.82, 2.24) is 4.90 Å². The maximum Gasteiger partial charge on any atom is 0.307 e. The highest BCUT2D eigenvalue weighted by Gasteiger charge is 2.25. The summed E-state index contributed by atoms with van der Waals surface area (Å²) in [4.78, 5) is 15.3. The minimum atomic E-state index is -0.680. The molecule has 1 aromatic carbocycles. The second-order valence-corrected chi connectivity index (χ2v) is 5.72. The molecule has 116 valence electrons. The van der Waals surface area contributed by atoms with Gasteiger partial charge >= 0.3 is 5.97 Å². The third-order valence-corrected chi connectivity index (χ3v) is 4.07. The molecule has 1 aromatic rings. The van der Waals surface area contributed by atoms with Gasteiger partial charge in [0.05, 0.1) is 12.5 Å².